The van der Waals surface area contributed by atoms with Crippen molar-refractivity contribution in [1.29, 1.82) is 0 Å². The minimum absolute atomic E-state index is 0.522. The molecule has 2 fully saturated rings. The first-order chi connectivity index (χ1) is 9.26. The summed E-state index contributed by atoms with van der Waals surface area (Å²) in [6.45, 7) is 5.88. The summed E-state index contributed by atoms with van der Waals surface area (Å²) in [5.41, 5.74) is 1.97. The zero-order chi connectivity index (χ0) is 12.9. The molecule has 1 saturated carbocycles. The molecule has 2 aliphatic rings. The third-order valence-corrected chi connectivity index (χ3v) is 5.92. The van der Waals surface area contributed by atoms with Crippen LogP contribution >= 0.6 is 11.3 Å². The second-order valence-electron chi connectivity index (χ2n) is 6.12. The van der Waals surface area contributed by atoms with Gasteiger partial charge in [-0.1, -0.05) is 30.3 Å². The Balaban J connectivity index is 1.50. The van der Waals surface area contributed by atoms with E-state index in [0.717, 1.165) is 12.5 Å². The van der Waals surface area contributed by atoms with E-state index in [0.29, 0.717) is 5.41 Å². The van der Waals surface area contributed by atoms with Gasteiger partial charge >= 0.3 is 0 Å². The van der Waals surface area contributed by atoms with Crippen LogP contribution in [-0.4, -0.2) is 18.0 Å². The number of nitrogens with zero attached hydrogens (tertiary/aromatic N) is 1. The molecule has 19 heavy (non-hydrogen) atoms. The fourth-order valence-electron chi connectivity index (χ4n) is 3.63. The van der Waals surface area contributed by atoms with E-state index in [-0.39, 0.29) is 0 Å². The summed E-state index contributed by atoms with van der Waals surface area (Å²) in [6.07, 6.45) is 1.41. The third kappa shape index (κ3) is 1.94. The van der Waals surface area contributed by atoms with Crippen LogP contribution in [-0.2, 0) is 12.0 Å². The monoisotopic (exact) mass is 269 g/mol. The Morgan fingerprint density at radius 2 is 2.05 bits per heavy atom. The van der Waals surface area contributed by atoms with Crippen LogP contribution < -0.4 is 0 Å². The first-order valence-electron chi connectivity index (χ1n) is 7.09. The molecule has 0 N–H and O–H groups in total. The molecule has 1 aromatic heterocycles. The standard InChI is InChI=1S/C17H19NS/c1-13-7-8-16(19-13)17-9-15(17)11-18(12-17)10-14-5-3-2-4-6-14/h2-8,15H,9-12H2,1H3/t15-,17-/m0/s1. The van der Waals surface area contributed by atoms with E-state index in [1.165, 1.54) is 30.0 Å². The highest BCUT2D eigenvalue weighted by Crippen LogP contribution is 2.60. The largest absolute Gasteiger partial charge is 0.298 e. The van der Waals surface area contributed by atoms with Crippen molar-refractivity contribution < 1.29 is 0 Å². The summed E-state index contributed by atoms with van der Waals surface area (Å²) in [7, 11) is 0. The Bertz CT molecular complexity index is 588. The van der Waals surface area contributed by atoms with Crippen LogP contribution in [0, 0.1) is 12.8 Å². The Hall–Kier alpha value is -1.12. The van der Waals surface area contributed by atoms with Gasteiger partial charge < -0.3 is 0 Å². The number of piperidine rings is 1. The molecular formula is C17H19NS. The molecular weight excluding hydrogens is 250 g/mol. The second-order valence-corrected chi connectivity index (χ2v) is 7.41. The van der Waals surface area contributed by atoms with Crippen molar-refractivity contribution in [3.05, 3.63) is 57.8 Å². The van der Waals surface area contributed by atoms with Crippen molar-refractivity contribution in [2.24, 2.45) is 5.92 Å². The van der Waals surface area contributed by atoms with Gasteiger partial charge in [-0.25, -0.2) is 0 Å². The van der Waals surface area contributed by atoms with E-state index in [1.54, 1.807) is 4.88 Å². The molecule has 1 aliphatic carbocycles. The number of rotatable bonds is 3. The third-order valence-electron chi connectivity index (χ3n) is 4.70. The quantitative estimate of drug-likeness (QED) is 0.818. The Morgan fingerprint density at radius 1 is 1.21 bits per heavy atom. The van der Waals surface area contributed by atoms with Crippen LogP contribution in [0.5, 0.6) is 0 Å². The van der Waals surface area contributed by atoms with Gasteiger partial charge in [-0.15, -0.1) is 11.3 Å². The summed E-state index contributed by atoms with van der Waals surface area (Å²) >= 11 is 2.01. The van der Waals surface area contributed by atoms with E-state index >= 15 is 0 Å². The molecule has 0 amide bonds. The normalized spacial score (nSPS) is 29.4. The smallest absolute Gasteiger partial charge is 0.0234 e. The lowest BCUT2D eigenvalue weighted by molar-refractivity contribution is 0.291. The number of hydrogen-bond acceptors (Lipinski definition) is 2. The number of thiophene rings is 1. The van der Waals surface area contributed by atoms with Crippen LogP contribution in [0.3, 0.4) is 0 Å². The zero-order valence-corrected chi connectivity index (χ0v) is 12.1. The fourth-order valence-corrected chi connectivity index (χ4v) is 4.77. The topological polar surface area (TPSA) is 3.24 Å². The predicted octanol–water partition coefficient (Wildman–Crippen LogP) is 3.83. The molecule has 2 aromatic rings. The lowest BCUT2D eigenvalue weighted by Gasteiger charge is -2.20. The molecule has 0 radical (unpaired) electrons. The minimum Gasteiger partial charge on any atom is -0.298 e. The molecule has 2 atom stereocenters. The van der Waals surface area contributed by atoms with Gasteiger partial charge in [0.2, 0.25) is 0 Å². The molecule has 2 heterocycles. The van der Waals surface area contributed by atoms with Crippen LogP contribution in [0.25, 0.3) is 0 Å². The van der Waals surface area contributed by atoms with E-state index in [9.17, 15) is 0 Å². The summed E-state index contributed by atoms with van der Waals surface area (Å²) in [5, 5.41) is 0. The molecule has 98 valence electrons. The van der Waals surface area contributed by atoms with Gasteiger partial charge in [-0.3, -0.25) is 4.90 Å². The van der Waals surface area contributed by atoms with Gasteiger partial charge in [0, 0.05) is 34.8 Å². The van der Waals surface area contributed by atoms with Gasteiger partial charge in [0.15, 0.2) is 0 Å². The maximum Gasteiger partial charge on any atom is 0.0234 e. The summed E-state index contributed by atoms with van der Waals surface area (Å²) in [5.74, 6) is 0.911. The molecule has 1 aliphatic heterocycles. The summed E-state index contributed by atoms with van der Waals surface area (Å²) < 4.78 is 0. The Kier molecular flexibility index (Phi) is 2.58. The summed E-state index contributed by atoms with van der Waals surface area (Å²) in [6, 6.07) is 15.5. The van der Waals surface area contributed by atoms with Gasteiger partial charge in [0.1, 0.15) is 0 Å². The van der Waals surface area contributed by atoms with Crippen molar-refractivity contribution >= 4 is 11.3 Å². The highest BCUT2D eigenvalue weighted by atomic mass is 32.1. The number of hydrogen-bond donors (Lipinski definition) is 0. The zero-order valence-electron chi connectivity index (χ0n) is 11.3. The van der Waals surface area contributed by atoms with E-state index in [4.69, 9.17) is 0 Å². The maximum atomic E-state index is 2.64. The molecule has 2 heteroatoms. The van der Waals surface area contributed by atoms with Gasteiger partial charge in [-0.2, -0.15) is 0 Å². The second kappa shape index (κ2) is 4.19. The number of benzene rings is 1. The first-order valence-corrected chi connectivity index (χ1v) is 7.91. The van der Waals surface area contributed by atoms with Crippen LogP contribution in [0.15, 0.2) is 42.5 Å². The Labute approximate surface area is 118 Å². The average Bonchev–Trinajstić information content (AvgIpc) is 2.78. The SMILES string of the molecule is Cc1ccc([C@]23C[C@H]2CN(Cc2ccccc2)C3)s1. The van der Waals surface area contributed by atoms with E-state index in [1.807, 2.05) is 11.3 Å². The maximum absolute atomic E-state index is 2.64. The van der Waals surface area contributed by atoms with Crippen molar-refractivity contribution in [3.63, 3.8) is 0 Å². The molecule has 1 aromatic carbocycles. The average molecular weight is 269 g/mol. The molecule has 0 spiro atoms. The number of fused-ring (bicyclic) bond motifs is 1. The first kappa shape index (κ1) is 11.7. The molecule has 0 bridgehead atoms. The van der Waals surface area contributed by atoms with Crippen LogP contribution in [0.1, 0.15) is 21.7 Å². The van der Waals surface area contributed by atoms with Crippen LogP contribution in [0.4, 0.5) is 0 Å². The predicted molar refractivity (Wildman–Crippen MR) is 80.6 cm³/mol. The lowest BCUT2D eigenvalue weighted by Crippen LogP contribution is -2.25. The highest BCUT2D eigenvalue weighted by molar-refractivity contribution is 7.12. The minimum atomic E-state index is 0.522. The van der Waals surface area contributed by atoms with Crippen molar-refractivity contribution in [2.75, 3.05) is 13.1 Å². The fraction of sp³-hybridized carbons (Fsp3) is 0.412. The lowest BCUT2D eigenvalue weighted by atomic mass is 10.0. The Morgan fingerprint density at radius 3 is 2.79 bits per heavy atom. The van der Waals surface area contributed by atoms with E-state index in [2.05, 4.69) is 54.3 Å². The van der Waals surface area contributed by atoms with Crippen molar-refractivity contribution in [2.45, 2.75) is 25.3 Å². The van der Waals surface area contributed by atoms with Gasteiger partial charge in [-0.05, 0) is 37.0 Å². The van der Waals surface area contributed by atoms with E-state index < -0.39 is 0 Å². The number of likely N-dealkylation sites (tertiary alicyclic amines) is 1. The summed E-state index contributed by atoms with van der Waals surface area (Å²) in [4.78, 5) is 5.72. The molecule has 1 nitrogen and oxygen atoms in total. The highest BCUT2D eigenvalue weighted by Gasteiger charge is 2.61. The van der Waals surface area contributed by atoms with Gasteiger partial charge in [0.05, 0.1) is 0 Å². The number of aryl methyl sites for hydroxylation is 1. The van der Waals surface area contributed by atoms with Gasteiger partial charge in [0.25, 0.3) is 0 Å². The molecule has 1 saturated heterocycles. The van der Waals surface area contributed by atoms with Crippen molar-refractivity contribution in [1.82, 2.24) is 4.90 Å². The van der Waals surface area contributed by atoms with Crippen LogP contribution in [0.2, 0.25) is 0 Å². The molecule has 4 rings (SSSR count). The van der Waals surface area contributed by atoms with Crippen molar-refractivity contribution in [3.8, 4) is 0 Å². The molecule has 0 unspecified atom stereocenters.